The molecule has 202 valence electrons. The second-order valence-electron chi connectivity index (χ2n) is 9.10. The minimum Gasteiger partial charge on any atom is -0.426 e. The number of nitrogens with zero attached hydrogens (tertiary/aromatic N) is 1. The van der Waals surface area contributed by atoms with Gasteiger partial charge in [0.25, 0.3) is 0 Å². The standard InChI is InChI=1S/C26H34N2O2S.C7H8/c1-6-9-14-28-15-11-23(12-16-28)27-25(8-3)24(26(10-7-2)30-21(5)29)18-20(4)22-13-17-31-19-22;1-7-5-3-2-4-6-7/h6-10,13,17-19,23,27H,2,4,11-12,14-16H2,1,3,5H3;2-6H,1H3/b9-6+,24-18-,25-8+,26-10+;. The molecule has 2 heterocycles. The third kappa shape index (κ3) is 10.9. The average molecular weight is 531 g/mol. The molecule has 2 aromatic rings. The van der Waals surface area contributed by atoms with Gasteiger partial charge >= 0.3 is 5.97 Å². The van der Waals surface area contributed by atoms with Gasteiger partial charge in [-0.1, -0.05) is 73.4 Å². The van der Waals surface area contributed by atoms with E-state index in [2.05, 4.69) is 66.9 Å². The molecule has 1 aliphatic heterocycles. The highest BCUT2D eigenvalue weighted by atomic mass is 32.1. The number of rotatable bonds is 10. The van der Waals surface area contributed by atoms with Crippen molar-refractivity contribution in [3.63, 3.8) is 0 Å². The highest BCUT2D eigenvalue weighted by molar-refractivity contribution is 7.08. The van der Waals surface area contributed by atoms with E-state index >= 15 is 0 Å². The van der Waals surface area contributed by atoms with E-state index in [-0.39, 0.29) is 5.97 Å². The van der Waals surface area contributed by atoms with Gasteiger partial charge in [0, 0.05) is 43.9 Å². The Morgan fingerprint density at radius 3 is 2.39 bits per heavy atom. The van der Waals surface area contributed by atoms with Crippen LogP contribution in [0, 0.1) is 6.92 Å². The zero-order chi connectivity index (χ0) is 27.8. The summed E-state index contributed by atoms with van der Waals surface area (Å²) in [7, 11) is 0. The van der Waals surface area contributed by atoms with Gasteiger partial charge in [0.05, 0.1) is 0 Å². The lowest BCUT2D eigenvalue weighted by Gasteiger charge is -2.33. The molecule has 0 amide bonds. The normalized spacial score (nSPS) is 15.5. The van der Waals surface area contributed by atoms with Crippen molar-refractivity contribution in [2.75, 3.05) is 19.6 Å². The Balaban J connectivity index is 0.000000624. The van der Waals surface area contributed by atoms with Crippen molar-refractivity contribution < 1.29 is 9.53 Å². The van der Waals surface area contributed by atoms with Gasteiger partial charge in [-0.25, -0.2) is 0 Å². The first-order valence-corrected chi connectivity index (χ1v) is 14.0. The van der Waals surface area contributed by atoms with Crippen molar-refractivity contribution in [1.29, 1.82) is 0 Å². The Kier molecular flexibility index (Phi) is 13.9. The van der Waals surface area contributed by atoms with E-state index in [1.165, 1.54) is 12.5 Å². The van der Waals surface area contributed by atoms with Crippen molar-refractivity contribution in [2.24, 2.45) is 0 Å². The van der Waals surface area contributed by atoms with Crippen LogP contribution in [0.15, 0.2) is 114 Å². The lowest BCUT2D eigenvalue weighted by molar-refractivity contribution is -0.136. The molecule has 0 atom stereocenters. The Morgan fingerprint density at radius 2 is 1.89 bits per heavy atom. The zero-order valence-corrected chi connectivity index (χ0v) is 24.1. The van der Waals surface area contributed by atoms with Crippen LogP contribution in [0.25, 0.3) is 5.57 Å². The predicted octanol–water partition coefficient (Wildman–Crippen LogP) is 7.85. The number of carbonyl (C=O) groups excluding carboxylic acids is 1. The molecule has 4 nitrogen and oxygen atoms in total. The van der Waals surface area contributed by atoms with E-state index < -0.39 is 0 Å². The van der Waals surface area contributed by atoms with Crippen LogP contribution in [0.2, 0.25) is 0 Å². The zero-order valence-electron chi connectivity index (χ0n) is 23.3. The summed E-state index contributed by atoms with van der Waals surface area (Å²) in [5, 5.41) is 7.77. The lowest BCUT2D eigenvalue weighted by Crippen LogP contribution is -2.42. The number of aryl methyl sites for hydroxylation is 1. The SMILES string of the molecule is C=C\C=C(OC(C)=O)/C(=C\C(=C)c1ccsc1)C(=C\C)/NC1CCN(C/C=C/C)CC1.Cc1ccccc1. The third-order valence-corrected chi connectivity index (χ3v) is 6.75. The molecule has 0 saturated carbocycles. The second-order valence-corrected chi connectivity index (χ2v) is 9.88. The van der Waals surface area contributed by atoms with Gasteiger partial charge < -0.3 is 10.1 Å². The summed E-state index contributed by atoms with van der Waals surface area (Å²) >= 11 is 1.63. The number of esters is 1. The summed E-state index contributed by atoms with van der Waals surface area (Å²) in [5.74, 6) is 0.0953. The molecule has 1 aromatic heterocycles. The van der Waals surface area contributed by atoms with Crippen LogP contribution in [0.3, 0.4) is 0 Å². The van der Waals surface area contributed by atoms with Crippen molar-refractivity contribution in [1.82, 2.24) is 10.2 Å². The molecule has 0 unspecified atom stereocenters. The molecule has 0 spiro atoms. The van der Waals surface area contributed by atoms with Crippen LogP contribution < -0.4 is 5.32 Å². The minimum atomic E-state index is -0.368. The summed E-state index contributed by atoms with van der Waals surface area (Å²) in [5.41, 5.74) is 4.96. The number of hydrogen-bond donors (Lipinski definition) is 1. The van der Waals surface area contributed by atoms with E-state index in [9.17, 15) is 4.79 Å². The highest BCUT2D eigenvalue weighted by Gasteiger charge is 2.22. The van der Waals surface area contributed by atoms with Crippen LogP contribution >= 0.6 is 11.3 Å². The van der Waals surface area contributed by atoms with Crippen LogP contribution in [0.1, 0.15) is 44.7 Å². The largest absolute Gasteiger partial charge is 0.426 e. The van der Waals surface area contributed by atoms with Crippen LogP contribution in [-0.2, 0) is 9.53 Å². The maximum atomic E-state index is 11.8. The van der Waals surface area contributed by atoms with Gasteiger partial charge in [0.15, 0.2) is 0 Å². The number of carbonyl (C=O) groups is 1. The summed E-state index contributed by atoms with van der Waals surface area (Å²) in [6.07, 6.45) is 13.8. The van der Waals surface area contributed by atoms with Crippen LogP contribution in [0.5, 0.6) is 0 Å². The van der Waals surface area contributed by atoms with Crippen molar-refractivity contribution in [3.8, 4) is 0 Å². The molecule has 1 N–H and O–H groups in total. The van der Waals surface area contributed by atoms with Gasteiger partial charge in [0.2, 0.25) is 0 Å². The first kappa shape index (κ1) is 30.8. The topological polar surface area (TPSA) is 41.6 Å². The molecular formula is C33H42N2O2S. The summed E-state index contributed by atoms with van der Waals surface area (Å²) in [4.78, 5) is 14.2. The summed E-state index contributed by atoms with van der Waals surface area (Å²) in [6, 6.07) is 12.7. The Labute approximate surface area is 233 Å². The molecule has 5 heteroatoms. The van der Waals surface area contributed by atoms with E-state index in [1.807, 2.05) is 48.7 Å². The van der Waals surface area contributed by atoms with Crippen molar-refractivity contribution in [2.45, 2.75) is 46.6 Å². The first-order chi connectivity index (χ1) is 18.4. The van der Waals surface area contributed by atoms with Gasteiger partial charge in [-0.15, -0.1) is 0 Å². The van der Waals surface area contributed by atoms with Crippen LogP contribution in [-0.4, -0.2) is 36.5 Å². The average Bonchev–Trinajstić information content (AvgIpc) is 3.46. The molecule has 1 fully saturated rings. The smallest absolute Gasteiger partial charge is 0.308 e. The highest BCUT2D eigenvalue weighted by Crippen LogP contribution is 2.27. The Morgan fingerprint density at radius 1 is 1.18 bits per heavy atom. The van der Waals surface area contributed by atoms with E-state index in [1.54, 1.807) is 23.5 Å². The molecule has 0 aliphatic carbocycles. The molecule has 38 heavy (non-hydrogen) atoms. The monoisotopic (exact) mass is 530 g/mol. The van der Waals surface area contributed by atoms with Gasteiger partial charge in [-0.2, -0.15) is 11.3 Å². The number of piperidine rings is 1. The molecule has 1 aromatic carbocycles. The fraction of sp³-hybridized carbons (Fsp3) is 0.303. The fourth-order valence-corrected chi connectivity index (χ4v) is 4.69. The van der Waals surface area contributed by atoms with E-state index in [4.69, 9.17) is 4.74 Å². The predicted molar refractivity (Wildman–Crippen MR) is 164 cm³/mol. The third-order valence-electron chi connectivity index (χ3n) is 6.06. The number of benzene rings is 1. The van der Waals surface area contributed by atoms with Gasteiger partial charge in [0.1, 0.15) is 5.76 Å². The molecule has 1 aliphatic rings. The Hall–Kier alpha value is -3.41. The maximum Gasteiger partial charge on any atom is 0.308 e. The van der Waals surface area contributed by atoms with Crippen molar-refractivity contribution >= 4 is 22.9 Å². The number of thiophene rings is 1. The summed E-state index contributed by atoms with van der Waals surface area (Å²) in [6.45, 7) is 18.7. The van der Waals surface area contributed by atoms with Crippen molar-refractivity contribution in [3.05, 3.63) is 125 Å². The quantitative estimate of drug-likeness (QED) is 0.147. The molecule has 3 rings (SSSR count). The van der Waals surface area contributed by atoms with Crippen LogP contribution in [0.4, 0.5) is 0 Å². The number of likely N-dealkylation sites (tertiary alicyclic amines) is 1. The minimum absolute atomic E-state index is 0.355. The molecule has 0 radical (unpaired) electrons. The number of allylic oxidation sites excluding steroid dienone is 6. The molecular weight excluding hydrogens is 488 g/mol. The maximum absolute atomic E-state index is 11.8. The number of ether oxygens (including phenoxy) is 1. The molecule has 1 saturated heterocycles. The van der Waals surface area contributed by atoms with E-state index in [0.29, 0.717) is 11.8 Å². The number of nitrogens with one attached hydrogen (secondary N) is 1. The lowest BCUT2D eigenvalue weighted by atomic mass is 10.00. The molecule has 0 bridgehead atoms. The number of hydrogen-bond acceptors (Lipinski definition) is 5. The van der Waals surface area contributed by atoms with Gasteiger partial charge in [-0.3, -0.25) is 9.69 Å². The summed E-state index contributed by atoms with van der Waals surface area (Å²) < 4.78 is 5.55. The second kappa shape index (κ2) is 17.2. The van der Waals surface area contributed by atoms with Gasteiger partial charge in [-0.05, 0) is 73.7 Å². The first-order valence-electron chi connectivity index (χ1n) is 13.1. The van der Waals surface area contributed by atoms with E-state index in [0.717, 1.165) is 54.9 Å². The Bertz CT molecular complexity index is 1130. The fourth-order valence-electron chi connectivity index (χ4n) is 4.01.